The van der Waals surface area contributed by atoms with Crippen molar-refractivity contribution in [3.63, 3.8) is 0 Å². The van der Waals surface area contributed by atoms with E-state index in [-0.39, 0.29) is 12.6 Å². The van der Waals surface area contributed by atoms with Crippen LogP contribution in [0.1, 0.15) is 31.4 Å². The number of carbonyl (C=O) groups excluding carboxylic acids is 2. The normalized spacial score (nSPS) is 23.5. The number of carbonyl (C=O) groups is 2. The van der Waals surface area contributed by atoms with Gasteiger partial charge in [0.2, 0.25) is 0 Å². The van der Waals surface area contributed by atoms with Crippen molar-refractivity contribution in [3.05, 3.63) is 41.1 Å². The minimum absolute atomic E-state index is 0.266. The fraction of sp³-hybridized carbons (Fsp3) is 0.545. The van der Waals surface area contributed by atoms with Crippen LogP contribution < -0.4 is 10.6 Å². The van der Waals surface area contributed by atoms with Crippen LogP contribution in [0.5, 0.6) is 0 Å². The molecule has 0 saturated carbocycles. The Kier molecular flexibility index (Phi) is 6.86. The predicted molar refractivity (Wildman–Crippen MR) is 117 cm³/mol. The summed E-state index contributed by atoms with van der Waals surface area (Å²) in [6.45, 7) is 5.29. The van der Waals surface area contributed by atoms with E-state index in [1.165, 1.54) is 0 Å². The molecule has 0 aromatic heterocycles. The van der Waals surface area contributed by atoms with E-state index >= 15 is 0 Å². The number of amides is 2. The third-order valence-electron chi connectivity index (χ3n) is 5.91. The average Bonchev–Trinajstić information content (AvgIpc) is 3.23. The van der Waals surface area contributed by atoms with E-state index in [0.717, 1.165) is 36.4 Å². The van der Waals surface area contributed by atoms with Crippen molar-refractivity contribution >= 4 is 23.8 Å². The number of benzene rings is 1. The van der Waals surface area contributed by atoms with E-state index in [9.17, 15) is 9.59 Å². The lowest BCUT2D eigenvalue weighted by Crippen LogP contribution is -2.51. The second-order valence-corrected chi connectivity index (χ2v) is 8.68. The maximum atomic E-state index is 12.9. The van der Waals surface area contributed by atoms with Gasteiger partial charge in [-0.2, -0.15) is 0 Å². The summed E-state index contributed by atoms with van der Waals surface area (Å²) in [7, 11) is 0. The first-order valence-electron chi connectivity index (χ1n) is 10.7. The second-order valence-electron chi connectivity index (χ2n) is 7.80. The molecule has 1 aromatic carbocycles. The van der Waals surface area contributed by atoms with Gasteiger partial charge < -0.3 is 24.8 Å². The van der Waals surface area contributed by atoms with Gasteiger partial charge in [0.25, 0.3) is 0 Å². The van der Waals surface area contributed by atoms with Gasteiger partial charge in [0, 0.05) is 43.1 Å². The van der Waals surface area contributed by atoms with Gasteiger partial charge in [0.05, 0.1) is 31.4 Å². The lowest BCUT2D eigenvalue weighted by molar-refractivity contribution is -0.184. The van der Waals surface area contributed by atoms with E-state index < -0.39 is 17.8 Å². The number of urea groups is 1. The molecule has 2 saturated heterocycles. The third-order valence-corrected chi connectivity index (χ3v) is 6.65. The SMILES string of the molecule is CCOC(=O)C1=C(CN2CCC3(CC2)OCCO3)NC(=O)N[C@H]1c1ccc(SC)cc1. The van der Waals surface area contributed by atoms with E-state index in [1.54, 1.807) is 18.7 Å². The molecule has 0 unspecified atom stereocenters. The van der Waals surface area contributed by atoms with Gasteiger partial charge in [-0.25, -0.2) is 9.59 Å². The molecule has 168 valence electrons. The summed E-state index contributed by atoms with van der Waals surface area (Å²) in [5.41, 5.74) is 1.89. The van der Waals surface area contributed by atoms with Gasteiger partial charge in [-0.3, -0.25) is 4.90 Å². The molecule has 2 N–H and O–H groups in total. The van der Waals surface area contributed by atoms with Crippen molar-refractivity contribution in [1.82, 2.24) is 15.5 Å². The van der Waals surface area contributed by atoms with Crippen LogP contribution in [0, 0.1) is 0 Å². The van der Waals surface area contributed by atoms with Crippen molar-refractivity contribution in [2.75, 3.05) is 45.7 Å². The van der Waals surface area contributed by atoms with Gasteiger partial charge in [0.15, 0.2) is 5.79 Å². The maximum Gasteiger partial charge on any atom is 0.338 e. The molecule has 2 amide bonds. The van der Waals surface area contributed by atoms with Crippen LogP contribution in [-0.4, -0.2) is 68.4 Å². The van der Waals surface area contributed by atoms with Gasteiger partial charge in [-0.05, 0) is 30.9 Å². The summed E-state index contributed by atoms with van der Waals surface area (Å²) >= 11 is 1.64. The summed E-state index contributed by atoms with van der Waals surface area (Å²) in [5, 5.41) is 5.75. The van der Waals surface area contributed by atoms with Crippen molar-refractivity contribution in [1.29, 1.82) is 0 Å². The standard InChI is InChI=1S/C22H29N3O5S/c1-3-28-20(26)18-17(14-25-10-8-22(9-11-25)29-12-13-30-22)23-21(27)24-19(18)15-4-6-16(31-2)7-5-15/h4-7,19H,3,8-14H2,1-2H3,(H2,23,24,27)/t19-/m0/s1. The topological polar surface area (TPSA) is 89.1 Å². The number of rotatable bonds is 6. The number of hydrogen-bond donors (Lipinski definition) is 2. The Hall–Kier alpha value is -2.07. The van der Waals surface area contributed by atoms with Gasteiger partial charge in [-0.15, -0.1) is 11.8 Å². The summed E-state index contributed by atoms with van der Waals surface area (Å²) in [6, 6.07) is 6.98. The fourth-order valence-corrected chi connectivity index (χ4v) is 4.71. The van der Waals surface area contributed by atoms with Gasteiger partial charge >= 0.3 is 12.0 Å². The molecule has 1 atom stereocenters. The van der Waals surface area contributed by atoms with Crippen LogP contribution in [0.25, 0.3) is 0 Å². The van der Waals surface area contributed by atoms with E-state index in [2.05, 4.69) is 15.5 Å². The molecule has 31 heavy (non-hydrogen) atoms. The number of piperidine rings is 1. The van der Waals surface area contributed by atoms with Crippen molar-refractivity contribution in [3.8, 4) is 0 Å². The lowest BCUT2D eigenvalue weighted by atomic mass is 9.94. The van der Waals surface area contributed by atoms with Crippen LogP contribution in [0.3, 0.4) is 0 Å². The zero-order valence-electron chi connectivity index (χ0n) is 17.9. The largest absolute Gasteiger partial charge is 0.463 e. The highest BCUT2D eigenvalue weighted by atomic mass is 32.2. The lowest BCUT2D eigenvalue weighted by Gasteiger charge is -2.39. The Morgan fingerprint density at radius 2 is 1.90 bits per heavy atom. The molecular weight excluding hydrogens is 418 g/mol. The number of nitrogens with one attached hydrogen (secondary N) is 2. The van der Waals surface area contributed by atoms with Crippen LogP contribution >= 0.6 is 11.8 Å². The summed E-state index contributed by atoms with van der Waals surface area (Å²) in [6.07, 6.45) is 3.54. The Labute approximate surface area is 186 Å². The molecule has 0 aliphatic carbocycles. The van der Waals surface area contributed by atoms with Crippen molar-refractivity contribution < 1.29 is 23.8 Å². The Morgan fingerprint density at radius 3 is 2.52 bits per heavy atom. The number of hydrogen-bond acceptors (Lipinski definition) is 7. The number of thioether (sulfide) groups is 1. The molecular formula is C22H29N3O5S. The first-order chi connectivity index (χ1) is 15.0. The molecule has 0 bridgehead atoms. The number of ether oxygens (including phenoxy) is 3. The minimum Gasteiger partial charge on any atom is -0.463 e. The first kappa shape index (κ1) is 22.1. The monoisotopic (exact) mass is 447 g/mol. The van der Waals surface area contributed by atoms with Gasteiger partial charge in [-0.1, -0.05) is 12.1 Å². The molecule has 8 nitrogen and oxygen atoms in total. The highest BCUT2D eigenvalue weighted by molar-refractivity contribution is 7.98. The van der Waals surface area contributed by atoms with E-state index in [0.29, 0.717) is 31.0 Å². The quantitative estimate of drug-likeness (QED) is 0.511. The molecule has 4 rings (SSSR count). The van der Waals surface area contributed by atoms with Crippen LogP contribution in [-0.2, 0) is 19.0 Å². The highest BCUT2D eigenvalue weighted by Gasteiger charge is 2.41. The number of nitrogens with zero attached hydrogens (tertiary/aromatic N) is 1. The Morgan fingerprint density at radius 1 is 1.23 bits per heavy atom. The van der Waals surface area contributed by atoms with Crippen molar-refractivity contribution in [2.24, 2.45) is 0 Å². The Balaban J connectivity index is 1.59. The number of esters is 1. The molecule has 2 fully saturated rings. The van der Waals surface area contributed by atoms with E-state index in [1.807, 2.05) is 30.5 Å². The summed E-state index contributed by atoms with van der Waals surface area (Å²) in [5.74, 6) is -0.881. The molecule has 0 radical (unpaired) electrons. The highest BCUT2D eigenvalue weighted by Crippen LogP contribution is 2.33. The molecule has 3 heterocycles. The average molecular weight is 448 g/mol. The van der Waals surface area contributed by atoms with Crippen LogP contribution in [0.4, 0.5) is 4.79 Å². The molecule has 3 aliphatic rings. The zero-order chi connectivity index (χ0) is 21.8. The Bertz CT molecular complexity index is 841. The predicted octanol–water partition coefficient (Wildman–Crippen LogP) is 2.42. The third kappa shape index (κ3) is 4.90. The number of likely N-dealkylation sites (tertiary alicyclic amines) is 1. The van der Waals surface area contributed by atoms with Gasteiger partial charge in [0.1, 0.15) is 0 Å². The van der Waals surface area contributed by atoms with Crippen LogP contribution in [0.2, 0.25) is 0 Å². The molecule has 9 heteroatoms. The minimum atomic E-state index is -0.559. The zero-order valence-corrected chi connectivity index (χ0v) is 18.8. The first-order valence-corrected chi connectivity index (χ1v) is 11.9. The maximum absolute atomic E-state index is 12.9. The molecule has 1 spiro atoms. The second kappa shape index (κ2) is 9.60. The summed E-state index contributed by atoms with van der Waals surface area (Å²) in [4.78, 5) is 28.7. The van der Waals surface area contributed by atoms with E-state index in [4.69, 9.17) is 14.2 Å². The van der Waals surface area contributed by atoms with Crippen LogP contribution in [0.15, 0.2) is 40.4 Å². The fourth-order valence-electron chi connectivity index (χ4n) is 4.30. The van der Waals surface area contributed by atoms with Crippen molar-refractivity contribution in [2.45, 2.75) is 36.5 Å². The molecule has 1 aromatic rings. The smallest absolute Gasteiger partial charge is 0.338 e. The summed E-state index contributed by atoms with van der Waals surface area (Å²) < 4.78 is 17.0. The molecule has 3 aliphatic heterocycles.